The molecule has 0 spiro atoms. The van der Waals surface area contributed by atoms with Crippen molar-refractivity contribution in [3.8, 4) is 6.07 Å². The zero-order valence-corrected chi connectivity index (χ0v) is 12.3. The molecule has 1 saturated heterocycles. The van der Waals surface area contributed by atoms with E-state index in [0.29, 0.717) is 32.4 Å². The van der Waals surface area contributed by atoms with Gasteiger partial charge in [-0.25, -0.2) is 12.7 Å². The number of nitriles is 1. The van der Waals surface area contributed by atoms with Gasteiger partial charge in [-0.15, -0.1) is 0 Å². The van der Waals surface area contributed by atoms with Crippen LogP contribution in [0.3, 0.4) is 0 Å². The van der Waals surface area contributed by atoms with Crippen LogP contribution in [0.2, 0.25) is 0 Å². The van der Waals surface area contributed by atoms with Crippen LogP contribution in [0.15, 0.2) is 30.3 Å². The van der Waals surface area contributed by atoms with Gasteiger partial charge in [0.1, 0.15) is 0 Å². The van der Waals surface area contributed by atoms with E-state index in [2.05, 4.69) is 6.07 Å². The van der Waals surface area contributed by atoms with E-state index in [1.165, 1.54) is 5.56 Å². The molecule has 0 N–H and O–H groups in total. The molecule has 1 fully saturated rings. The van der Waals surface area contributed by atoms with Crippen molar-refractivity contribution >= 4 is 10.0 Å². The first-order chi connectivity index (χ1) is 9.62. The fourth-order valence-electron chi connectivity index (χ4n) is 2.50. The molecule has 1 aromatic carbocycles. The number of hydrogen-bond donors (Lipinski definition) is 0. The van der Waals surface area contributed by atoms with E-state index in [1.807, 2.05) is 30.3 Å². The van der Waals surface area contributed by atoms with Crippen LogP contribution in [0.4, 0.5) is 0 Å². The highest BCUT2D eigenvalue weighted by molar-refractivity contribution is 7.89. The average Bonchev–Trinajstić information content (AvgIpc) is 2.48. The van der Waals surface area contributed by atoms with E-state index < -0.39 is 10.0 Å². The summed E-state index contributed by atoms with van der Waals surface area (Å²) in [5.74, 6) is 0.213. The lowest BCUT2D eigenvalue weighted by atomic mass is 10.0. The smallest absolute Gasteiger partial charge is 0.212 e. The predicted molar refractivity (Wildman–Crippen MR) is 78.5 cm³/mol. The fourth-order valence-corrected chi connectivity index (χ4v) is 4.03. The van der Waals surface area contributed by atoms with E-state index in [4.69, 9.17) is 5.26 Å². The Kier molecular flexibility index (Phi) is 5.16. The Morgan fingerprint density at radius 1 is 1.20 bits per heavy atom. The van der Waals surface area contributed by atoms with Crippen molar-refractivity contribution in [2.75, 3.05) is 18.8 Å². The average molecular weight is 292 g/mol. The summed E-state index contributed by atoms with van der Waals surface area (Å²) in [7, 11) is -3.16. The molecule has 1 aromatic rings. The lowest BCUT2D eigenvalue weighted by Gasteiger charge is -2.28. The Labute approximate surface area is 121 Å². The molecular weight excluding hydrogens is 272 g/mol. The topological polar surface area (TPSA) is 61.2 Å². The molecule has 0 amide bonds. The molecule has 0 saturated carbocycles. The third-order valence-electron chi connectivity index (χ3n) is 3.74. The number of nitrogens with zero attached hydrogens (tertiary/aromatic N) is 2. The first-order valence-corrected chi connectivity index (χ1v) is 8.64. The van der Waals surface area contributed by atoms with Gasteiger partial charge < -0.3 is 0 Å². The lowest BCUT2D eigenvalue weighted by molar-refractivity contribution is 0.309. The van der Waals surface area contributed by atoms with Crippen LogP contribution >= 0.6 is 0 Å². The highest BCUT2D eigenvalue weighted by Gasteiger charge is 2.27. The third kappa shape index (κ3) is 4.06. The minimum atomic E-state index is -3.16. The van der Waals surface area contributed by atoms with Gasteiger partial charge in [-0.2, -0.15) is 5.26 Å². The van der Waals surface area contributed by atoms with E-state index in [0.717, 1.165) is 6.42 Å². The summed E-state index contributed by atoms with van der Waals surface area (Å²) in [4.78, 5) is 0. The third-order valence-corrected chi connectivity index (χ3v) is 5.70. The van der Waals surface area contributed by atoms with Crippen LogP contribution < -0.4 is 0 Å². The normalized spacial score (nSPS) is 17.8. The van der Waals surface area contributed by atoms with Gasteiger partial charge in [0.15, 0.2) is 0 Å². The monoisotopic (exact) mass is 292 g/mol. The Morgan fingerprint density at radius 2 is 1.85 bits per heavy atom. The van der Waals surface area contributed by atoms with Crippen LogP contribution in [0.5, 0.6) is 0 Å². The highest BCUT2D eigenvalue weighted by Crippen LogP contribution is 2.19. The maximum absolute atomic E-state index is 12.2. The van der Waals surface area contributed by atoms with Crippen LogP contribution in [0.1, 0.15) is 24.8 Å². The SMILES string of the molecule is N#CC1CCN(S(=O)(=O)CCCc2ccccc2)CC1. The number of piperidine rings is 1. The van der Waals surface area contributed by atoms with Crippen molar-refractivity contribution in [1.82, 2.24) is 4.31 Å². The van der Waals surface area contributed by atoms with E-state index in [-0.39, 0.29) is 11.7 Å². The van der Waals surface area contributed by atoms with Crippen molar-refractivity contribution in [2.24, 2.45) is 5.92 Å². The van der Waals surface area contributed by atoms with Gasteiger partial charge in [0.25, 0.3) is 0 Å². The van der Waals surface area contributed by atoms with Crippen molar-refractivity contribution in [1.29, 1.82) is 5.26 Å². The molecule has 0 aromatic heterocycles. The molecular formula is C15H20N2O2S. The molecule has 0 aliphatic carbocycles. The largest absolute Gasteiger partial charge is 0.214 e. The zero-order valence-electron chi connectivity index (χ0n) is 11.5. The fraction of sp³-hybridized carbons (Fsp3) is 0.533. The van der Waals surface area contributed by atoms with Crippen LogP contribution in [0.25, 0.3) is 0 Å². The molecule has 0 atom stereocenters. The molecule has 108 valence electrons. The highest BCUT2D eigenvalue weighted by atomic mass is 32.2. The summed E-state index contributed by atoms with van der Waals surface area (Å²) in [5, 5.41) is 8.83. The van der Waals surface area contributed by atoms with Gasteiger partial charge in [-0.05, 0) is 31.2 Å². The van der Waals surface area contributed by atoms with Crippen LogP contribution in [-0.4, -0.2) is 31.6 Å². The van der Waals surface area contributed by atoms with Gasteiger partial charge >= 0.3 is 0 Å². The zero-order chi connectivity index (χ0) is 14.4. The Bertz CT molecular complexity index is 555. The van der Waals surface area contributed by atoms with Gasteiger partial charge in [-0.1, -0.05) is 30.3 Å². The summed E-state index contributed by atoms with van der Waals surface area (Å²) < 4.78 is 26.0. The number of rotatable bonds is 5. The van der Waals surface area contributed by atoms with Crippen molar-refractivity contribution in [2.45, 2.75) is 25.7 Å². The second-order valence-electron chi connectivity index (χ2n) is 5.21. The molecule has 2 rings (SSSR count). The molecule has 5 heteroatoms. The van der Waals surface area contributed by atoms with Gasteiger partial charge in [0, 0.05) is 19.0 Å². The van der Waals surface area contributed by atoms with Gasteiger partial charge in [0.05, 0.1) is 11.8 Å². The van der Waals surface area contributed by atoms with E-state index in [1.54, 1.807) is 4.31 Å². The van der Waals surface area contributed by atoms with Crippen molar-refractivity contribution in [3.63, 3.8) is 0 Å². The standard InChI is InChI=1S/C15H20N2O2S/c16-13-15-8-10-17(11-9-15)20(18,19)12-4-7-14-5-2-1-3-6-14/h1-3,5-6,15H,4,7-12H2. The molecule has 0 unspecified atom stereocenters. The Balaban J connectivity index is 1.81. The summed E-state index contributed by atoms with van der Waals surface area (Å²) >= 11 is 0. The predicted octanol–water partition coefficient (Wildman–Crippen LogP) is 2.18. The van der Waals surface area contributed by atoms with E-state index >= 15 is 0 Å². The quantitative estimate of drug-likeness (QED) is 0.835. The molecule has 1 heterocycles. The number of benzene rings is 1. The molecule has 20 heavy (non-hydrogen) atoms. The van der Waals surface area contributed by atoms with Crippen molar-refractivity contribution < 1.29 is 8.42 Å². The second-order valence-corrected chi connectivity index (χ2v) is 7.30. The molecule has 0 radical (unpaired) electrons. The minimum absolute atomic E-state index is 0.0192. The minimum Gasteiger partial charge on any atom is -0.212 e. The summed E-state index contributed by atoms with van der Waals surface area (Å²) in [6, 6.07) is 12.2. The lowest BCUT2D eigenvalue weighted by Crippen LogP contribution is -2.39. The van der Waals surface area contributed by atoms with Crippen LogP contribution in [0, 0.1) is 17.2 Å². The van der Waals surface area contributed by atoms with Crippen molar-refractivity contribution in [3.05, 3.63) is 35.9 Å². The maximum Gasteiger partial charge on any atom is 0.214 e. The first kappa shape index (κ1) is 15.0. The number of aryl methyl sites for hydroxylation is 1. The Morgan fingerprint density at radius 3 is 2.45 bits per heavy atom. The molecule has 1 aliphatic heterocycles. The van der Waals surface area contributed by atoms with E-state index in [9.17, 15) is 8.42 Å². The molecule has 4 nitrogen and oxygen atoms in total. The second kappa shape index (κ2) is 6.87. The number of hydrogen-bond acceptors (Lipinski definition) is 3. The first-order valence-electron chi connectivity index (χ1n) is 7.03. The van der Waals surface area contributed by atoms with Gasteiger partial charge in [-0.3, -0.25) is 0 Å². The summed E-state index contributed by atoms with van der Waals surface area (Å²) in [6.07, 6.45) is 2.75. The van der Waals surface area contributed by atoms with Gasteiger partial charge in [0.2, 0.25) is 10.0 Å². The molecule has 1 aliphatic rings. The summed E-state index contributed by atoms with van der Waals surface area (Å²) in [6.45, 7) is 0.984. The number of sulfonamides is 1. The summed E-state index contributed by atoms with van der Waals surface area (Å²) in [5.41, 5.74) is 1.17. The molecule has 0 bridgehead atoms. The maximum atomic E-state index is 12.2. The van der Waals surface area contributed by atoms with Crippen LogP contribution in [-0.2, 0) is 16.4 Å². The Hall–Kier alpha value is -1.38.